The molecule has 0 amide bonds. The SMILES string of the molecule is COc1c(Cl)cc(Cl)cc1CNC1CCCCC1. The third-order valence-electron chi connectivity index (χ3n) is 3.48. The molecule has 1 aromatic carbocycles. The fourth-order valence-electron chi connectivity index (χ4n) is 2.53. The molecule has 1 aliphatic carbocycles. The molecule has 1 fully saturated rings. The van der Waals surface area contributed by atoms with Crippen LogP contribution in [-0.2, 0) is 6.54 Å². The first-order valence-electron chi connectivity index (χ1n) is 6.46. The van der Waals surface area contributed by atoms with Crippen molar-refractivity contribution in [2.45, 2.75) is 44.7 Å². The van der Waals surface area contributed by atoms with E-state index in [2.05, 4.69) is 5.32 Å². The summed E-state index contributed by atoms with van der Waals surface area (Å²) in [6, 6.07) is 4.25. The highest BCUT2D eigenvalue weighted by Crippen LogP contribution is 2.32. The van der Waals surface area contributed by atoms with Gasteiger partial charge in [0.15, 0.2) is 0 Å². The number of benzene rings is 1. The van der Waals surface area contributed by atoms with Crippen LogP contribution in [0, 0.1) is 0 Å². The summed E-state index contributed by atoms with van der Waals surface area (Å²) in [5.74, 6) is 0.726. The first-order valence-corrected chi connectivity index (χ1v) is 7.21. The van der Waals surface area contributed by atoms with Gasteiger partial charge in [0, 0.05) is 23.2 Å². The van der Waals surface area contributed by atoms with Crippen molar-refractivity contribution in [3.8, 4) is 5.75 Å². The van der Waals surface area contributed by atoms with Crippen molar-refractivity contribution in [2.24, 2.45) is 0 Å². The van der Waals surface area contributed by atoms with Crippen LogP contribution in [-0.4, -0.2) is 13.2 Å². The summed E-state index contributed by atoms with van der Waals surface area (Å²) in [5.41, 5.74) is 1.03. The van der Waals surface area contributed by atoms with E-state index in [0.29, 0.717) is 16.1 Å². The van der Waals surface area contributed by atoms with Crippen molar-refractivity contribution < 1.29 is 4.74 Å². The number of rotatable bonds is 4. The second-order valence-corrected chi connectivity index (χ2v) is 5.64. The molecule has 1 saturated carbocycles. The first kappa shape index (κ1) is 14.0. The van der Waals surface area contributed by atoms with Crippen LogP contribution in [0.1, 0.15) is 37.7 Å². The summed E-state index contributed by atoms with van der Waals surface area (Å²) in [7, 11) is 1.64. The van der Waals surface area contributed by atoms with Gasteiger partial charge in [0.2, 0.25) is 0 Å². The number of hydrogen-bond donors (Lipinski definition) is 1. The predicted octanol–water partition coefficient (Wildman–Crippen LogP) is 4.42. The van der Waals surface area contributed by atoms with E-state index in [4.69, 9.17) is 27.9 Å². The Labute approximate surface area is 119 Å². The maximum absolute atomic E-state index is 6.12. The van der Waals surface area contributed by atoms with Crippen LogP contribution in [0.2, 0.25) is 10.0 Å². The van der Waals surface area contributed by atoms with E-state index in [9.17, 15) is 0 Å². The smallest absolute Gasteiger partial charge is 0.142 e. The molecule has 2 nitrogen and oxygen atoms in total. The van der Waals surface area contributed by atoms with Crippen LogP contribution in [0.15, 0.2) is 12.1 Å². The molecule has 0 radical (unpaired) electrons. The van der Waals surface area contributed by atoms with Gasteiger partial charge < -0.3 is 10.1 Å². The molecule has 0 saturated heterocycles. The third-order valence-corrected chi connectivity index (χ3v) is 3.97. The van der Waals surface area contributed by atoms with Gasteiger partial charge in [-0.25, -0.2) is 0 Å². The molecule has 1 aromatic rings. The normalized spacial score (nSPS) is 16.8. The van der Waals surface area contributed by atoms with Crippen molar-refractivity contribution >= 4 is 23.2 Å². The number of halogens is 2. The molecular weight excluding hydrogens is 269 g/mol. The third kappa shape index (κ3) is 3.53. The molecule has 0 spiro atoms. The maximum Gasteiger partial charge on any atom is 0.142 e. The molecule has 1 aliphatic rings. The molecule has 4 heteroatoms. The quantitative estimate of drug-likeness (QED) is 0.885. The Bertz CT molecular complexity index is 403. The fraction of sp³-hybridized carbons (Fsp3) is 0.571. The van der Waals surface area contributed by atoms with Gasteiger partial charge in [-0.1, -0.05) is 42.5 Å². The Morgan fingerprint density at radius 2 is 1.94 bits per heavy atom. The highest BCUT2D eigenvalue weighted by Gasteiger charge is 2.15. The summed E-state index contributed by atoms with van der Waals surface area (Å²) >= 11 is 12.2. The lowest BCUT2D eigenvalue weighted by molar-refractivity contribution is 0.365. The van der Waals surface area contributed by atoms with Crippen molar-refractivity contribution in [1.29, 1.82) is 0 Å². The lowest BCUT2D eigenvalue weighted by atomic mass is 9.95. The minimum absolute atomic E-state index is 0.574. The summed E-state index contributed by atoms with van der Waals surface area (Å²) in [6.45, 7) is 0.758. The molecule has 2 rings (SSSR count). The Balaban J connectivity index is 2.03. The van der Waals surface area contributed by atoms with E-state index in [-0.39, 0.29) is 0 Å². The van der Waals surface area contributed by atoms with E-state index in [1.165, 1.54) is 32.1 Å². The molecule has 0 bridgehead atoms. The average molecular weight is 288 g/mol. The van der Waals surface area contributed by atoms with Crippen molar-refractivity contribution in [2.75, 3.05) is 7.11 Å². The first-order chi connectivity index (χ1) is 8.70. The minimum Gasteiger partial charge on any atom is -0.495 e. The lowest BCUT2D eigenvalue weighted by Crippen LogP contribution is -2.30. The molecule has 0 heterocycles. The van der Waals surface area contributed by atoms with Gasteiger partial charge in [-0.3, -0.25) is 0 Å². The highest BCUT2D eigenvalue weighted by atomic mass is 35.5. The van der Waals surface area contributed by atoms with Crippen molar-refractivity contribution in [1.82, 2.24) is 5.32 Å². The van der Waals surface area contributed by atoms with Crippen LogP contribution in [0.4, 0.5) is 0 Å². The second-order valence-electron chi connectivity index (χ2n) is 4.80. The fourth-order valence-corrected chi connectivity index (χ4v) is 3.15. The predicted molar refractivity (Wildman–Crippen MR) is 76.7 cm³/mol. The summed E-state index contributed by atoms with van der Waals surface area (Å²) in [5, 5.41) is 4.80. The van der Waals surface area contributed by atoms with Crippen LogP contribution < -0.4 is 10.1 Å². The van der Waals surface area contributed by atoms with Crippen LogP contribution in [0.5, 0.6) is 5.75 Å². The number of methoxy groups -OCH3 is 1. The summed E-state index contributed by atoms with van der Waals surface area (Å²) in [6.07, 6.45) is 6.54. The zero-order chi connectivity index (χ0) is 13.0. The van der Waals surface area contributed by atoms with Crippen LogP contribution >= 0.6 is 23.2 Å². The van der Waals surface area contributed by atoms with Gasteiger partial charge >= 0.3 is 0 Å². The van der Waals surface area contributed by atoms with Crippen molar-refractivity contribution in [3.63, 3.8) is 0 Å². The van der Waals surface area contributed by atoms with E-state index in [0.717, 1.165) is 17.9 Å². The zero-order valence-electron chi connectivity index (χ0n) is 10.6. The second kappa shape index (κ2) is 6.65. The van der Waals surface area contributed by atoms with Crippen LogP contribution in [0.25, 0.3) is 0 Å². The highest BCUT2D eigenvalue weighted by molar-refractivity contribution is 6.35. The van der Waals surface area contributed by atoms with Gasteiger partial charge in [-0.05, 0) is 25.0 Å². The van der Waals surface area contributed by atoms with Gasteiger partial charge in [0.25, 0.3) is 0 Å². The Hall–Kier alpha value is -0.440. The number of nitrogens with one attached hydrogen (secondary N) is 1. The Kier molecular flexibility index (Phi) is 5.16. The number of ether oxygens (including phenoxy) is 1. The standard InChI is InChI=1S/C14H19Cl2NO/c1-18-14-10(7-11(15)8-13(14)16)9-17-12-5-3-2-4-6-12/h7-8,12,17H,2-6,9H2,1H3. The summed E-state index contributed by atoms with van der Waals surface area (Å²) in [4.78, 5) is 0. The van der Waals surface area contributed by atoms with Crippen LogP contribution in [0.3, 0.4) is 0 Å². The number of hydrogen-bond acceptors (Lipinski definition) is 2. The van der Waals surface area contributed by atoms with E-state index >= 15 is 0 Å². The molecule has 0 aromatic heterocycles. The molecule has 0 unspecified atom stereocenters. The molecule has 0 aliphatic heterocycles. The molecule has 18 heavy (non-hydrogen) atoms. The van der Waals surface area contributed by atoms with Gasteiger partial charge in [-0.2, -0.15) is 0 Å². The van der Waals surface area contributed by atoms with E-state index < -0.39 is 0 Å². The molecular formula is C14H19Cl2NO. The zero-order valence-corrected chi connectivity index (χ0v) is 12.2. The van der Waals surface area contributed by atoms with Gasteiger partial charge in [0.05, 0.1) is 12.1 Å². The van der Waals surface area contributed by atoms with Crippen molar-refractivity contribution in [3.05, 3.63) is 27.7 Å². The largest absolute Gasteiger partial charge is 0.495 e. The van der Waals surface area contributed by atoms with E-state index in [1.807, 2.05) is 6.07 Å². The van der Waals surface area contributed by atoms with Gasteiger partial charge in [-0.15, -0.1) is 0 Å². The lowest BCUT2D eigenvalue weighted by Gasteiger charge is -2.23. The molecule has 0 atom stereocenters. The minimum atomic E-state index is 0.574. The van der Waals surface area contributed by atoms with E-state index in [1.54, 1.807) is 13.2 Å². The summed E-state index contributed by atoms with van der Waals surface area (Å²) < 4.78 is 5.34. The molecule has 100 valence electrons. The topological polar surface area (TPSA) is 21.3 Å². The average Bonchev–Trinajstić information content (AvgIpc) is 2.37. The Morgan fingerprint density at radius 3 is 2.61 bits per heavy atom. The van der Waals surface area contributed by atoms with Gasteiger partial charge in [0.1, 0.15) is 5.75 Å². The maximum atomic E-state index is 6.12. The monoisotopic (exact) mass is 287 g/mol. The Morgan fingerprint density at radius 1 is 1.22 bits per heavy atom. The molecule has 1 N–H and O–H groups in total.